The first-order valence-corrected chi connectivity index (χ1v) is 13.0. The van der Waals surface area contributed by atoms with Crippen LogP contribution in [0.2, 0.25) is 5.02 Å². The number of anilines is 1. The van der Waals surface area contributed by atoms with Crippen molar-refractivity contribution in [2.45, 2.75) is 19.0 Å². The molecule has 1 saturated heterocycles. The molecule has 1 aromatic heterocycles. The molecule has 0 aliphatic carbocycles. The average molecular weight is 548 g/mol. The van der Waals surface area contributed by atoms with Gasteiger partial charge in [-0.05, 0) is 66.6 Å². The SMILES string of the molecule is CN1CCC(CN(C)c2nc(O)c(C(Cc3ccc(Cl)cc3C(F)(F)F)=c3ccc4c(c3)C=NN=4)s2)C1. The molecule has 0 bridgehead atoms. The maximum Gasteiger partial charge on any atom is 0.416 e. The summed E-state index contributed by atoms with van der Waals surface area (Å²) in [6.45, 7) is 2.81. The molecule has 1 fully saturated rings. The van der Waals surface area contributed by atoms with Gasteiger partial charge in [-0.2, -0.15) is 28.4 Å². The first-order chi connectivity index (χ1) is 17.6. The third-order valence-electron chi connectivity index (χ3n) is 6.70. The number of nitrogens with zero attached hydrogens (tertiary/aromatic N) is 5. The Hall–Kier alpha value is -2.95. The third kappa shape index (κ3) is 5.51. The van der Waals surface area contributed by atoms with E-state index in [1.807, 2.05) is 18.0 Å². The summed E-state index contributed by atoms with van der Waals surface area (Å²) in [5.74, 6) is 0.280. The number of fused-ring (bicyclic) bond motifs is 1. The zero-order valence-electron chi connectivity index (χ0n) is 20.3. The van der Waals surface area contributed by atoms with Gasteiger partial charge in [-0.15, -0.1) is 0 Å². The molecule has 0 radical (unpaired) electrons. The molecule has 0 saturated carbocycles. The Morgan fingerprint density at radius 3 is 2.78 bits per heavy atom. The van der Waals surface area contributed by atoms with Crippen molar-refractivity contribution in [1.29, 1.82) is 0 Å². The van der Waals surface area contributed by atoms with Crippen LogP contribution in [0, 0.1) is 5.92 Å². The van der Waals surface area contributed by atoms with E-state index in [1.165, 1.54) is 23.5 Å². The average Bonchev–Trinajstić information content (AvgIpc) is 3.57. The molecule has 194 valence electrons. The van der Waals surface area contributed by atoms with E-state index in [0.717, 1.165) is 37.7 Å². The van der Waals surface area contributed by atoms with Crippen LogP contribution in [-0.2, 0) is 12.6 Å². The minimum absolute atomic E-state index is 0.00934. The van der Waals surface area contributed by atoms with Crippen molar-refractivity contribution in [3.8, 4) is 5.88 Å². The van der Waals surface area contributed by atoms with Crippen molar-refractivity contribution in [1.82, 2.24) is 9.88 Å². The second-order valence-electron chi connectivity index (χ2n) is 9.52. The van der Waals surface area contributed by atoms with Crippen molar-refractivity contribution < 1.29 is 18.3 Å². The quantitative estimate of drug-likeness (QED) is 0.499. The van der Waals surface area contributed by atoms with Crippen molar-refractivity contribution in [3.63, 3.8) is 0 Å². The molecule has 1 atom stereocenters. The normalized spacial score (nSPS) is 18.2. The summed E-state index contributed by atoms with van der Waals surface area (Å²) in [5, 5.41) is 20.8. The number of rotatable bonds is 6. The topological polar surface area (TPSA) is 64.3 Å². The van der Waals surface area contributed by atoms with E-state index >= 15 is 0 Å². The fourth-order valence-corrected chi connectivity index (χ4v) is 6.03. The molecule has 2 aliphatic rings. The van der Waals surface area contributed by atoms with Crippen LogP contribution in [0.5, 0.6) is 5.88 Å². The van der Waals surface area contributed by atoms with E-state index < -0.39 is 11.7 Å². The maximum atomic E-state index is 13.9. The fraction of sp³-hybridized carbons (Fsp3) is 0.346. The van der Waals surface area contributed by atoms with E-state index in [2.05, 4.69) is 27.1 Å². The molecule has 6 nitrogen and oxygen atoms in total. The Morgan fingerprint density at radius 2 is 2.05 bits per heavy atom. The lowest BCUT2D eigenvalue weighted by molar-refractivity contribution is -0.138. The van der Waals surface area contributed by atoms with Crippen LogP contribution in [0.4, 0.5) is 18.3 Å². The van der Waals surface area contributed by atoms with Gasteiger partial charge in [-0.3, -0.25) is 0 Å². The predicted octanol–water partition coefficient (Wildman–Crippen LogP) is 4.32. The van der Waals surface area contributed by atoms with Crippen LogP contribution in [0.25, 0.3) is 5.57 Å². The molecule has 3 heterocycles. The first-order valence-electron chi connectivity index (χ1n) is 11.8. The molecule has 0 spiro atoms. The van der Waals surface area contributed by atoms with Gasteiger partial charge in [-0.25, -0.2) is 0 Å². The molecular formula is C26H25ClF3N5OS. The molecule has 37 heavy (non-hydrogen) atoms. The van der Waals surface area contributed by atoms with Gasteiger partial charge in [0.25, 0.3) is 0 Å². The van der Waals surface area contributed by atoms with Crippen LogP contribution in [0.1, 0.15) is 28.0 Å². The number of hydrogen-bond acceptors (Lipinski definition) is 7. The van der Waals surface area contributed by atoms with E-state index in [9.17, 15) is 18.3 Å². The summed E-state index contributed by atoms with van der Waals surface area (Å²) < 4.78 is 41.7. The Morgan fingerprint density at radius 1 is 1.24 bits per heavy atom. The monoisotopic (exact) mass is 547 g/mol. The number of alkyl halides is 3. The molecule has 2 aromatic carbocycles. The van der Waals surface area contributed by atoms with Crippen molar-refractivity contribution >= 4 is 39.9 Å². The van der Waals surface area contributed by atoms with Crippen LogP contribution >= 0.6 is 22.9 Å². The maximum absolute atomic E-state index is 13.9. The smallest absolute Gasteiger partial charge is 0.416 e. The van der Waals surface area contributed by atoms with E-state index in [-0.39, 0.29) is 22.9 Å². The lowest BCUT2D eigenvalue weighted by atomic mass is 9.96. The second kappa shape index (κ2) is 10.1. The largest absolute Gasteiger partial charge is 0.492 e. The number of hydrogen-bond donors (Lipinski definition) is 1. The summed E-state index contributed by atoms with van der Waals surface area (Å²) in [6, 6.07) is 9.15. The summed E-state index contributed by atoms with van der Waals surface area (Å²) in [4.78, 5) is 9.11. The van der Waals surface area contributed by atoms with Crippen LogP contribution < -0.4 is 15.5 Å². The van der Waals surface area contributed by atoms with Crippen molar-refractivity contribution in [3.05, 3.63) is 73.6 Å². The van der Waals surface area contributed by atoms with Crippen LogP contribution in [0.15, 0.2) is 46.6 Å². The van der Waals surface area contributed by atoms with Crippen molar-refractivity contribution in [2.75, 3.05) is 38.6 Å². The number of likely N-dealkylation sites (tertiary alicyclic amines) is 1. The highest BCUT2D eigenvalue weighted by molar-refractivity contribution is 7.17. The van der Waals surface area contributed by atoms with Gasteiger partial charge in [0.15, 0.2) is 5.13 Å². The summed E-state index contributed by atoms with van der Waals surface area (Å²) in [5.41, 5.74) is 0.546. The van der Waals surface area contributed by atoms with Gasteiger partial charge in [0.2, 0.25) is 5.88 Å². The Balaban J connectivity index is 1.59. The Kier molecular flexibility index (Phi) is 6.99. The lowest BCUT2D eigenvalue weighted by Crippen LogP contribution is -2.27. The zero-order valence-corrected chi connectivity index (χ0v) is 21.8. The predicted molar refractivity (Wildman–Crippen MR) is 140 cm³/mol. The highest BCUT2D eigenvalue weighted by atomic mass is 35.5. The van der Waals surface area contributed by atoms with E-state index in [1.54, 1.807) is 18.3 Å². The van der Waals surface area contributed by atoms with E-state index in [0.29, 0.717) is 32.1 Å². The molecule has 5 rings (SSSR count). The van der Waals surface area contributed by atoms with Gasteiger partial charge in [-0.1, -0.05) is 35.1 Å². The number of aromatic hydroxyl groups is 1. The van der Waals surface area contributed by atoms with Crippen molar-refractivity contribution in [2.24, 2.45) is 16.1 Å². The number of halogens is 4. The van der Waals surface area contributed by atoms with Crippen LogP contribution in [0.3, 0.4) is 0 Å². The van der Waals surface area contributed by atoms with E-state index in [4.69, 9.17) is 11.6 Å². The molecule has 3 aromatic rings. The molecule has 1 N–H and O–H groups in total. The summed E-state index contributed by atoms with van der Waals surface area (Å²) in [6.07, 6.45) is -1.97. The van der Waals surface area contributed by atoms with Gasteiger partial charge < -0.3 is 14.9 Å². The molecule has 2 aliphatic heterocycles. The number of aromatic nitrogens is 1. The second-order valence-corrected chi connectivity index (χ2v) is 10.9. The van der Waals surface area contributed by atoms with Gasteiger partial charge in [0, 0.05) is 37.1 Å². The molecule has 0 amide bonds. The first kappa shape index (κ1) is 25.7. The number of benzene rings is 2. The molecule has 11 heteroatoms. The molecular weight excluding hydrogens is 523 g/mol. The number of thiazole rings is 1. The third-order valence-corrected chi connectivity index (χ3v) is 8.16. The van der Waals surface area contributed by atoms with Gasteiger partial charge >= 0.3 is 6.18 Å². The fourth-order valence-electron chi connectivity index (χ4n) is 4.86. The zero-order chi connectivity index (χ0) is 26.3. The Labute approximate surface area is 221 Å². The van der Waals surface area contributed by atoms with Crippen LogP contribution in [-0.4, -0.2) is 54.9 Å². The minimum Gasteiger partial charge on any atom is -0.492 e. The summed E-state index contributed by atoms with van der Waals surface area (Å²) >= 11 is 7.18. The highest BCUT2D eigenvalue weighted by Gasteiger charge is 2.34. The standard InChI is InChI=1S/C26H25ClF3N5OS/c1-34-8-7-15(13-34)14-35(2)25-32-24(36)23(37-25)20(16-4-6-22-18(9-16)12-31-33-22)10-17-3-5-19(27)11-21(17)26(28,29)30/h3-6,9,11-12,15,36H,7-8,10,13-14H2,1-2H3. The Bertz CT molecular complexity index is 1490. The molecule has 1 unspecified atom stereocenters. The minimum atomic E-state index is -4.58. The van der Waals surface area contributed by atoms with Gasteiger partial charge in [0.1, 0.15) is 0 Å². The highest BCUT2D eigenvalue weighted by Crippen LogP contribution is 2.39. The lowest BCUT2D eigenvalue weighted by Gasteiger charge is -2.20. The van der Waals surface area contributed by atoms with Gasteiger partial charge in [0.05, 0.1) is 22.0 Å². The summed E-state index contributed by atoms with van der Waals surface area (Å²) in [7, 11) is 4.02.